The highest BCUT2D eigenvalue weighted by Crippen LogP contribution is 2.40. The summed E-state index contributed by atoms with van der Waals surface area (Å²) < 4.78 is 11.0. The molecular weight excluding hydrogens is 368 g/mol. The Bertz CT molecular complexity index is 724. The van der Waals surface area contributed by atoms with Gasteiger partial charge in [0.15, 0.2) is 0 Å². The fourth-order valence-corrected chi connectivity index (χ4v) is 3.72. The third kappa shape index (κ3) is 6.12. The molecule has 2 atom stereocenters. The van der Waals surface area contributed by atoms with Crippen LogP contribution in [0, 0.1) is 17.3 Å². The van der Waals surface area contributed by atoms with E-state index >= 15 is 0 Å². The Labute approximate surface area is 174 Å². The minimum Gasteiger partial charge on any atom is -0.497 e. The highest BCUT2D eigenvalue weighted by atomic mass is 16.5. The molecule has 2 unspecified atom stereocenters. The van der Waals surface area contributed by atoms with Crippen LogP contribution in [0.2, 0.25) is 0 Å². The molecule has 0 spiro atoms. The molecule has 1 fully saturated rings. The number of carbonyl (C=O) groups excluding carboxylic acids is 2. The summed E-state index contributed by atoms with van der Waals surface area (Å²) in [6, 6.07) is 5.62. The van der Waals surface area contributed by atoms with Gasteiger partial charge in [-0.2, -0.15) is 0 Å². The molecule has 1 N–H and O–H groups in total. The van der Waals surface area contributed by atoms with E-state index in [1.807, 2.05) is 23.1 Å². The molecule has 0 radical (unpaired) electrons. The Kier molecular flexibility index (Phi) is 7.55. The number of likely N-dealkylation sites (tertiary alicyclic amines) is 1. The average Bonchev–Trinajstić information content (AvgIpc) is 3.09. The Morgan fingerprint density at radius 1 is 1.17 bits per heavy atom. The lowest BCUT2D eigenvalue weighted by molar-refractivity contribution is -0.132. The lowest BCUT2D eigenvalue weighted by Crippen LogP contribution is -2.37. The van der Waals surface area contributed by atoms with Crippen LogP contribution in [0.3, 0.4) is 0 Å². The number of hydrogen-bond acceptors (Lipinski definition) is 4. The lowest BCUT2D eigenvalue weighted by Gasteiger charge is -2.23. The molecular formula is C23H36N2O4. The van der Waals surface area contributed by atoms with Gasteiger partial charge in [-0.3, -0.25) is 9.59 Å². The summed E-state index contributed by atoms with van der Waals surface area (Å²) in [7, 11) is 3.24. The summed E-state index contributed by atoms with van der Waals surface area (Å²) in [5, 5.41) is 3.05. The smallest absolute Gasteiger partial charge is 0.225 e. The first-order chi connectivity index (χ1) is 13.6. The van der Waals surface area contributed by atoms with Crippen molar-refractivity contribution >= 4 is 11.8 Å². The van der Waals surface area contributed by atoms with Crippen molar-refractivity contribution < 1.29 is 19.1 Å². The van der Waals surface area contributed by atoms with Gasteiger partial charge in [-0.15, -0.1) is 0 Å². The number of benzene rings is 1. The minimum atomic E-state index is -0.321. The third-order valence-electron chi connectivity index (χ3n) is 5.21. The van der Waals surface area contributed by atoms with E-state index in [0.29, 0.717) is 43.5 Å². The van der Waals surface area contributed by atoms with E-state index in [1.165, 1.54) is 0 Å². The predicted molar refractivity (Wildman–Crippen MR) is 114 cm³/mol. The fourth-order valence-electron chi connectivity index (χ4n) is 3.72. The summed E-state index contributed by atoms with van der Waals surface area (Å²) >= 11 is 0. The number of amides is 2. The molecule has 6 nitrogen and oxygen atoms in total. The van der Waals surface area contributed by atoms with Crippen molar-refractivity contribution in [2.75, 3.05) is 33.9 Å². The number of rotatable bonds is 7. The Balaban J connectivity index is 2.35. The first-order valence-corrected chi connectivity index (χ1v) is 10.3. The van der Waals surface area contributed by atoms with Crippen LogP contribution in [0.15, 0.2) is 18.2 Å². The van der Waals surface area contributed by atoms with Crippen LogP contribution < -0.4 is 14.8 Å². The monoisotopic (exact) mass is 404 g/mol. The number of nitrogens with zero attached hydrogens (tertiary/aromatic N) is 1. The zero-order chi connectivity index (χ0) is 21.8. The van der Waals surface area contributed by atoms with Crippen LogP contribution in [0.5, 0.6) is 11.5 Å². The maximum atomic E-state index is 13.0. The first kappa shape index (κ1) is 23.0. The van der Waals surface area contributed by atoms with Gasteiger partial charge in [0, 0.05) is 37.5 Å². The quantitative estimate of drug-likeness (QED) is 0.756. The number of carbonyl (C=O) groups is 2. The summed E-state index contributed by atoms with van der Waals surface area (Å²) in [4.78, 5) is 27.7. The van der Waals surface area contributed by atoms with Gasteiger partial charge in [0.25, 0.3) is 0 Å². The van der Waals surface area contributed by atoms with E-state index in [-0.39, 0.29) is 29.1 Å². The zero-order valence-corrected chi connectivity index (χ0v) is 18.9. The van der Waals surface area contributed by atoms with Crippen molar-refractivity contribution in [2.24, 2.45) is 17.3 Å². The Hall–Kier alpha value is -2.24. The molecule has 1 aliphatic rings. The molecule has 1 aliphatic heterocycles. The molecule has 0 aliphatic carbocycles. The number of ether oxygens (including phenoxy) is 2. The van der Waals surface area contributed by atoms with Crippen molar-refractivity contribution in [1.82, 2.24) is 10.2 Å². The SMILES string of the molecule is COc1ccc(OC)c(C2CN(C(=O)CC(C)(C)C)CC2C(=O)NCC(C)C)c1. The van der Waals surface area contributed by atoms with Crippen molar-refractivity contribution in [3.63, 3.8) is 0 Å². The largest absolute Gasteiger partial charge is 0.497 e. The highest BCUT2D eigenvalue weighted by molar-refractivity contribution is 5.83. The maximum absolute atomic E-state index is 13.0. The fraction of sp³-hybridized carbons (Fsp3) is 0.652. The van der Waals surface area contributed by atoms with Gasteiger partial charge >= 0.3 is 0 Å². The lowest BCUT2D eigenvalue weighted by atomic mass is 9.87. The van der Waals surface area contributed by atoms with E-state index in [2.05, 4.69) is 39.9 Å². The molecule has 2 rings (SSSR count). The van der Waals surface area contributed by atoms with E-state index < -0.39 is 0 Å². The average molecular weight is 405 g/mol. The van der Waals surface area contributed by atoms with Crippen LogP contribution in [0.25, 0.3) is 0 Å². The predicted octanol–water partition coefficient (Wildman–Crippen LogP) is 3.45. The second kappa shape index (κ2) is 9.51. The Morgan fingerprint density at radius 3 is 2.41 bits per heavy atom. The standard InChI is InChI=1S/C23H36N2O4/c1-15(2)12-24-22(27)19-14-25(21(26)11-23(3,4)5)13-18(19)17-10-16(28-6)8-9-20(17)29-7/h8-10,15,18-19H,11-14H2,1-7H3,(H,24,27). The molecule has 0 aromatic heterocycles. The van der Waals surface area contributed by atoms with Gasteiger partial charge in [-0.25, -0.2) is 0 Å². The van der Waals surface area contributed by atoms with E-state index in [0.717, 1.165) is 5.56 Å². The Morgan fingerprint density at radius 2 is 1.86 bits per heavy atom. The van der Waals surface area contributed by atoms with Crippen LogP contribution in [0.1, 0.15) is 52.5 Å². The van der Waals surface area contributed by atoms with Gasteiger partial charge in [0.1, 0.15) is 11.5 Å². The van der Waals surface area contributed by atoms with Gasteiger partial charge < -0.3 is 19.7 Å². The summed E-state index contributed by atoms with van der Waals surface area (Å²) in [5.41, 5.74) is 0.806. The van der Waals surface area contributed by atoms with Gasteiger partial charge in [0.05, 0.1) is 20.1 Å². The molecule has 1 aromatic rings. The molecule has 1 saturated heterocycles. The highest BCUT2D eigenvalue weighted by Gasteiger charge is 2.42. The third-order valence-corrected chi connectivity index (χ3v) is 5.21. The van der Waals surface area contributed by atoms with Gasteiger partial charge in [-0.05, 0) is 29.5 Å². The molecule has 1 heterocycles. The number of methoxy groups -OCH3 is 2. The van der Waals surface area contributed by atoms with Crippen molar-refractivity contribution in [1.29, 1.82) is 0 Å². The van der Waals surface area contributed by atoms with Crippen LogP contribution in [-0.4, -0.2) is 50.6 Å². The van der Waals surface area contributed by atoms with Gasteiger partial charge in [0.2, 0.25) is 11.8 Å². The molecule has 6 heteroatoms. The summed E-state index contributed by atoms with van der Waals surface area (Å²) in [6.07, 6.45) is 0.454. The summed E-state index contributed by atoms with van der Waals surface area (Å²) in [6.45, 7) is 11.8. The van der Waals surface area contributed by atoms with Crippen molar-refractivity contribution in [3.05, 3.63) is 23.8 Å². The van der Waals surface area contributed by atoms with E-state index in [4.69, 9.17) is 9.47 Å². The molecule has 0 bridgehead atoms. The van der Waals surface area contributed by atoms with E-state index in [9.17, 15) is 9.59 Å². The summed E-state index contributed by atoms with van der Waals surface area (Å²) in [5.74, 6) is 1.39. The zero-order valence-electron chi connectivity index (χ0n) is 18.9. The number of hydrogen-bond donors (Lipinski definition) is 1. The second-order valence-corrected chi connectivity index (χ2v) is 9.50. The van der Waals surface area contributed by atoms with Gasteiger partial charge in [-0.1, -0.05) is 34.6 Å². The molecule has 0 saturated carbocycles. The first-order valence-electron chi connectivity index (χ1n) is 10.3. The molecule has 162 valence electrons. The normalized spacial score (nSPS) is 19.4. The molecule has 1 aromatic carbocycles. The topological polar surface area (TPSA) is 67.9 Å². The van der Waals surface area contributed by atoms with Crippen LogP contribution in [-0.2, 0) is 9.59 Å². The minimum absolute atomic E-state index is 0.0142. The van der Waals surface area contributed by atoms with Crippen molar-refractivity contribution in [3.8, 4) is 11.5 Å². The van der Waals surface area contributed by atoms with Crippen LogP contribution >= 0.6 is 0 Å². The van der Waals surface area contributed by atoms with Crippen molar-refractivity contribution in [2.45, 2.75) is 47.0 Å². The molecule has 2 amide bonds. The van der Waals surface area contributed by atoms with E-state index in [1.54, 1.807) is 14.2 Å². The maximum Gasteiger partial charge on any atom is 0.225 e. The molecule has 29 heavy (non-hydrogen) atoms. The second-order valence-electron chi connectivity index (χ2n) is 9.50. The van der Waals surface area contributed by atoms with Crippen LogP contribution in [0.4, 0.5) is 0 Å². The number of nitrogens with one attached hydrogen (secondary N) is 1.